The first kappa shape index (κ1) is 14.6. The van der Waals surface area contributed by atoms with Gasteiger partial charge in [0.1, 0.15) is 11.3 Å². The Balaban J connectivity index is 2.37. The number of methoxy groups -OCH3 is 1. The van der Waals surface area contributed by atoms with Crippen molar-refractivity contribution in [3.8, 4) is 5.75 Å². The molecule has 2 N–H and O–H groups in total. The number of nitrogens with one attached hydrogen (secondary N) is 1. The third kappa shape index (κ3) is 3.20. The minimum Gasteiger partial charge on any atom is -0.494 e. The van der Waals surface area contributed by atoms with E-state index in [0.29, 0.717) is 6.04 Å². The number of aliphatic hydroxyl groups excluding tert-OH is 1. The third-order valence-corrected chi connectivity index (χ3v) is 3.35. The van der Waals surface area contributed by atoms with Gasteiger partial charge in [0, 0.05) is 29.4 Å². The van der Waals surface area contributed by atoms with Crippen molar-refractivity contribution in [2.45, 2.75) is 32.7 Å². The largest absolute Gasteiger partial charge is 0.494 e. The maximum absolute atomic E-state index is 8.91. The summed E-state index contributed by atoms with van der Waals surface area (Å²) in [5.41, 5.74) is 2.91. The van der Waals surface area contributed by atoms with Crippen LogP contribution in [0.3, 0.4) is 0 Å². The lowest BCUT2D eigenvalue weighted by Gasteiger charge is -2.17. The molecule has 1 atom stereocenters. The van der Waals surface area contributed by atoms with Crippen molar-refractivity contribution in [2.24, 2.45) is 0 Å². The number of nitrogens with zero attached hydrogens (tertiary/aromatic N) is 1. The molecule has 0 aliphatic heterocycles. The van der Waals surface area contributed by atoms with Gasteiger partial charge in [0.05, 0.1) is 7.11 Å². The van der Waals surface area contributed by atoms with Gasteiger partial charge in [-0.25, -0.2) is 4.98 Å². The topological polar surface area (TPSA) is 54.4 Å². The Morgan fingerprint density at radius 3 is 2.90 bits per heavy atom. The number of aliphatic hydroxyl groups is 1. The summed E-state index contributed by atoms with van der Waals surface area (Å²) in [6, 6.07) is 8.30. The fraction of sp³-hybridized carbons (Fsp3) is 0.438. The second-order valence-electron chi connectivity index (χ2n) is 5.08. The number of benzene rings is 1. The van der Waals surface area contributed by atoms with Gasteiger partial charge in [-0.15, -0.1) is 0 Å². The molecule has 0 bridgehead atoms. The van der Waals surface area contributed by atoms with Gasteiger partial charge in [-0.1, -0.05) is 12.1 Å². The van der Waals surface area contributed by atoms with Crippen LogP contribution in [-0.2, 0) is 0 Å². The molecule has 4 nitrogen and oxygen atoms in total. The van der Waals surface area contributed by atoms with E-state index in [1.807, 2.05) is 25.1 Å². The van der Waals surface area contributed by atoms with Gasteiger partial charge in [-0.3, -0.25) is 0 Å². The molecular weight excluding hydrogens is 252 g/mol. The van der Waals surface area contributed by atoms with Crippen LogP contribution in [0.5, 0.6) is 5.75 Å². The predicted octanol–water partition coefficient (Wildman–Crippen LogP) is 3.12. The summed E-state index contributed by atoms with van der Waals surface area (Å²) in [5, 5.41) is 13.5. The van der Waals surface area contributed by atoms with Gasteiger partial charge in [-0.2, -0.15) is 0 Å². The molecular formula is C16H22N2O2. The normalized spacial score (nSPS) is 12.4. The number of pyridine rings is 1. The van der Waals surface area contributed by atoms with Crippen molar-refractivity contribution in [1.82, 2.24) is 4.98 Å². The number of hydrogen-bond donors (Lipinski definition) is 2. The van der Waals surface area contributed by atoms with Crippen molar-refractivity contribution >= 4 is 16.6 Å². The van der Waals surface area contributed by atoms with E-state index in [1.54, 1.807) is 7.11 Å². The summed E-state index contributed by atoms with van der Waals surface area (Å²) in [7, 11) is 1.66. The standard InChI is InChI=1S/C16H22N2O2/c1-11(6-5-9-19)17-14-10-12(2)18-16-13(14)7-4-8-15(16)20-3/h4,7-8,10-11,19H,5-6,9H2,1-3H3,(H,17,18). The second-order valence-corrected chi connectivity index (χ2v) is 5.08. The molecule has 20 heavy (non-hydrogen) atoms. The van der Waals surface area contributed by atoms with Crippen LogP contribution in [0, 0.1) is 6.92 Å². The van der Waals surface area contributed by atoms with Crippen LogP contribution in [0.2, 0.25) is 0 Å². The van der Waals surface area contributed by atoms with E-state index in [9.17, 15) is 0 Å². The first-order valence-corrected chi connectivity index (χ1v) is 6.97. The van der Waals surface area contributed by atoms with E-state index < -0.39 is 0 Å². The van der Waals surface area contributed by atoms with Crippen molar-refractivity contribution in [3.05, 3.63) is 30.0 Å². The summed E-state index contributed by atoms with van der Waals surface area (Å²) in [6.45, 7) is 4.34. The average molecular weight is 274 g/mol. The Bertz CT molecular complexity index is 584. The summed E-state index contributed by atoms with van der Waals surface area (Å²) in [5.74, 6) is 0.789. The molecule has 0 saturated carbocycles. The average Bonchev–Trinajstić information content (AvgIpc) is 2.44. The Kier molecular flexibility index (Phi) is 4.79. The number of anilines is 1. The molecule has 0 radical (unpaired) electrons. The van der Waals surface area contributed by atoms with Gasteiger partial charge in [-0.05, 0) is 38.8 Å². The van der Waals surface area contributed by atoms with Crippen LogP contribution < -0.4 is 10.1 Å². The number of aryl methyl sites for hydroxylation is 1. The van der Waals surface area contributed by atoms with Gasteiger partial charge >= 0.3 is 0 Å². The highest BCUT2D eigenvalue weighted by Gasteiger charge is 2.10. The van der Waals surface area contributed by atoms with E-state index in [-0.39, 0.29) is 6.61 Å². The van der Waals surface area contributed by atoms with Crippen molar-refractivity contribution in [3.63, 3.8) is 0 Å². The minimum atomic E-state index is 0.232. The Morgan fingerprint density at radius 2 is 2.20 bits per heavy atom. The smallest absolute Gasteiger partial charge is 0.145 e. The molecule has 1 heterocycles. The number of hydrogen-bond acceptors (Lipinski definition) is 4. The first-order valence-electron chi connectivity index (χ1n) is 6.97. The number of fused-ring (bicyclic) bond motifs is 1. The minimum absolute atomic E-state index is 0.232. The molecule has 4 heteroatoms. The van der Waals surface area contributed by atoms with E-state index >= 15 is 0 Å². The Labute approximate surface area is 119 Å². The SMILES string of the molecule is COc1cccc2c(NC(C)CCCO)cc(C)nc12. The highest BCUT2D eigenvalue weighted by molar-refractivity contribution is 5.95. The van der Waals surface area contributed by atoms with Crippen LogP contribution >= 0.6 is 0 Å². The number of rotatable bonds is 6. The van der Waals surface area contributed by atoms with Crippen molar-refractivity contribution in [2.75, 3.05) is 19.0 Å². The van der Waals surface area contributed by atoms with E-state index in [4.69, 9.17) is 9.84 Å². The highest BCUT2D eigenvalue weighted by Crippen LogP contribution is 2.30. The van der Waals surface area contributed by atoms with Gasteiger partial charge in [0.2, 0.25) is 0 Å². The molecule has 1 aromatic heterocycles. The summed E-state index contributed by atoms with van der Waals surface area (Å²) >= 11 is 0. The number of aromatic nitrogens is 1. The number of para-hydroxylation sites is 1. The van der Waals surface area contributed by atoms with E-state index in [0.717, 1.165) is 40.9 Å². The molecule has 0 aliphatic rings. The maximum Gasteiger partial charge on any atom is 0.145 e. The molecule has 0 aliphatic carbocycles. The van der Waals surface area contributed by atoms with Crippen LogP contribution in [0.4, 0.5) is 5.69 Å². The Morgan fingerprint density at radius 1 is 1.40 bits per heavy atom. The lowest BCUT2D eigenvalue weighted by Crippen LogP contribution is -2.16. The lowest BCUT2D eigenvalue weighted by molar-refractivity contribution is 0.282. The van der Waals surface area contributed by atoms with E-state index in [1.165, 1.54) is 0 Å². The summed E-state index contributed by atoms with van der Waals surface area (Å²) in [4.78, 5) is 4.57. The summed E-state index contributed by atoms with van der Waals surface area (Å²) in [6.07, 6.45) is 1.74. The van der Waals surface area contributed by atoms with Crippen LogP contribution in [0.25, 0.3) is 10.9 Å². The highest BCUT2D eigenvalue weighted by atomic mass is 16.5. The van der Waals surface area contributed by atoms with Gasteiger partial charge in [0.15, 0.2) is 0 Å². The predicted molar refractivity (Wildman–Crippen MR) is 82.4 cm³/mol. The fourth-order valence-electron chi connectivity index (χ4n) is 2.37. The van der Waals surface area contributed by atoms with E-state index in [2.05, 4.69) is 23.3 Å². The zero-order valence-electron chi connectivity index (χ0n) is 12.3. The maximum atomic E-state index is 8.91. The first-order chi connectivity index (χ1) is 9.65. The molecule has 0 spiro atoms. The zero-order valence-corrected chi connectivity index (χ0v) is 12.3. The zero-order chi connectivity index (χ0) is 14.5. The van der Waals surface area contributed by atoms with Gasteiger partial charge < -0.3 is 15.2 Å². The molecule has 108 valence electrons. The quantitative estimate of drug-likeness (QED) is 0.849. The molecule has 1 aromatic carbocycles. The fourth-order valence-corrected chi connectivity index (χ4v) is 2.37. The molecule has 0 saturated heterocycles. The lowest BCUT2D eigenvalue weighted by atomic mass is 10.1. The van der Waals surface area contributed by atoms with Crippen LogP contribution in [0.15, 0.2) is 24.3 Å². The van der Waals surface area contributed by atoms with Crippen LogP contribution in [0.1, 0.15) is 25.5 Å². The van der Waals surface area contributed by atoms with Crippen molar-refractivity contribution in [1.29, 1.82) is 0 Å². The number of ether oxygens (including phenoxy) is 1. The molecule has 0 amide bonds. The molecule has 2 rings (SSSR count). The van der Waals surface area contributed by atoms with Crippen LogP contribution in [-0.4, -0.2) is 29.8 Å². The molecule has 0 fully saturated rings. The molecule has 1 unspecified atom stereocenters. The Hall–Kier alpha value is -1.81. The van der Waals surface area contributed by atoms with Crippen molar-refractivity contribution < 1.29 is 9.84 Å². The third-order valence-electron chi connectivity index (χ3n) is 3.35. The monoisotopic (exact) mass is 274 g/mol. The summed E-state index contributed by atoms with van der Waals surface area (Å²) < 4.78 is 5.38. The second kappa shape index (κ2) is 6.57. The van der Waals surface area contributed by atoms with Gasteiger partial charge in [0.25, 0.3) is 0 Å². The molecule has 2 aromatic rings.